The molecule has 0 aliphatic carbocycles. The fourth-order valence-corrected chi connectivity index (χ4v) is 3.17. The Hall–Kier alpha value is -0.940. The van der Waals surface area contributed by atoms with E-state index in [2.05, 4.69) is 15.5 Å². The fourth-order valence-electron chi connectivity index (χ4n) is 3.17. The molecular formula is C13H21N3O2. The minimum atomic E-state index is 0.265. The summed E-state index contributed by atoms with van der Waals surface area (Å²) < 4.78 is 11.4. The van der Waals surface area contributed by atoms with Crippen LogP contribution in [0.5, 0.6) is 0 Å². The van der Waals surface area contributed by atoms with Crippen LogP contribution in [0.4, 0.5) is 0 Å². The predicted molar refractivity (Wildman–Crippen MR) is 66.3 cm³/mol. The molecule has 2 fully saturated rings. The van der Waals surface area contributed by atoms with Crippen molar-refractivity contribution in [2.24, 2.45) is 5.92 Å². The van der Waals surface area contributed by atoms with E-state index in [9.17, 15) is 0 Å². The lowest BCUT2D eigenvalue weighted by Gasteiger charge is -2.37. The van der Waals surface area contributed by atoms with Crippen LogP contribution in [-0.2, 0) is 4.74 Å². The molecule has 1 N–H and O–H groups in total. The summed E-state index contributed by atoms with van der Waals surface area (Å²) >= 11 is 0. The number of aryl methyl sites for hydroxylation is 1. The van der Waals surface area contributed by atoms with E-state index in [0.717, 1.165) is 44.3 Å². The summed E-state index contributed by atoms with van der Waals surface area (Å²) in [5, 5.41) is 7.32. The van der Waals surface area contributed by atoms with E-state index in [1.165, 1.54) is 12.8 Å². The maximum atomic E-state index is 6.04. The second kappa shape index (κ2) is 5.36. The van der Waals surface area contributed by atoms with Gasteiger partial charge in [0.2, 0.25) is 5.89 Å². The Kier molecular flexibility index (Phi) is 3.61. The Morgan fingerprint density at radius 1 is 1.22 bits per heavy atom. The average Bonchev–Trinajstić information content (AvgIpc) is 2.86. The second-order valence-corrected chi connectivity index (χ2v) is 5.35. The molecule has 0 saturated carbocycles. The Balaban J connectivity index is 1.76. The van der Waals surface area contributed by atoms with E-state index in [4.69, 9.17) is 9.26 Å². The summed E-state index contributed by atoms with van der Waals surface area (Å²) in [6.45, 7) is 4.94. The van der Waals surface area contributed by atoms with Crippen LogP contribution in [0.2, 0.25) is 0 Å². The normalized spacial score (nSPS) is 30.5. The van der Waals surface area contributed by atoms with Gasteiger partial charge in [-0.1, -0.05) is 5.16 Å². The molecule has 2 atom stereocenters. The molecule has 0 amide bonds. The van der Waals surface area contributed by atoms with Gasteiger partial charge in [-0.05, 0) is 51.6 Å². The SMILES string of the molecule is Cc1noc([C@H]2CCCO[C@@H]2C2CCNCC2)n1. The van der Waals surface area contributed by atoms with Crippen molar-refractivity contribution in [2.45, 2.75) is 44.6 Å². The summed E-state index contributed by atoms with van der Waals surface area (Å²) in [6, 6.07) is 0. The zero-order valence-electron chi connectivity index (χ0n) is 10.9. The standard InChI is InChI=1S/C13H21N3O2/c1-9-15-13(18-16-9)11-3-2-8-17-12(11)10-4-6-14-7-5-10/h10-12,14H,2-8H2,1H3/t11-,12+/m0/s1. The number of nitrogens with one attached hydrogen (secondary N) is 1. The number of rotatable bonds is 2. The number of ether oxygens (including phenoxy) is 1. The van der Waals surface area contributed by atoms with E-state index >= 15 is 0 Å². The van der Waals surface area contributed by atoms with Gasteiger partial charge in [-0.3, -0.25) is 0 Å². The molecule has 5 heteroatoms. The molecule has 5 nitrogen and oxygen atoms in total. The van der Waals surface area contributed by atoms with Crippen molar-refractivity contribution in [1.29, 1.82) is 0 Å². The monoisotopic (exact) mass is 251 g/mol. The van der Waals surface area contributed by atoms with Crippen molar-refractivity contribution in [2.75, 3.05) is 19.7 Å². The van der Waals surface area contributed by atoms with Gasteiger partial charge in [0.05, 0.1) is 12.0 Å². The molecule has 0 radical (unpaired) electrons. The highest BCUT2D eigenvalue weighted by Crippen LogP contribution is 2.36. The van der Waals surface area contributed by atoms with Crippen molar-refractivity contribution in [3.05, 3.63) is 11.7 Å². The Labute approximate surface area is 107 Å². The third-order valence-electron chi connectivity index (χ3n) is 4.08. The lowest BCUT2D eigenvalue weighted by molar-refractivity contribution is -0.0502. The largest absolute Gasteiger partial charge is 0.377 e. The Morgan fingerprint density at radius 2 is 2.06 bits per heavy atom. The van der Waals surface area contributed by atoms with E-state index in [1.807, 2.05) is 6.92 Å². The molecule has 1 aromatic rings. The molecule has 3 heterocycles. The molecule has 3 rings (SSSR count). The quantitative estimate of drug-likeness (QED) is 0.866. The molecule has 2 saturated heterocycles. The van der Waals surface area contributed by atoms with Crippen molar-refractivity contribution in [1.82, 2.24) is 15.5 Å². The van der Waals surface area contributed by atoms with Crippen LogP contribution in [0.3, 0.4) is 0 Å². The van der Waals surface area contributed by atoms with Crippen LogP contribution in [0.1, 0.15) is 43.3 Å². The molecule has 0 bridgehead atoms. The Bertz CT molecular complexity index is 387. The van der Waals surface area contributed by atoms with Crippen molar-refractivity contribution < 1.29 is 9.26 Å². The topological polar surface area (TPSA) is 60.2 Å². The third-order valence-corrected chi connectivity index (χ3v) is 4.08. The summed E-state index contributed by atoms with van der Waals surface area (Å²) in [4.78, 5) is 4.41. The van der Waals surface area contributed by atoms with Crippen LogP contribution >= 0.6 is 0 Å². The van der Waals surface area contributed by atoms with Crippen LogP contribution in [0.15, 0.2) is 4.52 Å². The molecule has 0 aromatic carbocycles. The highest BCUT2D eigenvalue weighted by molar-refractivity contribution is 5.00. The summed E-state index contributed by atoms with van der Waals surface area (Å²) in [5.41, 5.74) is 0. The smallest absolute Gasteiger partial charge is 0.232 e. The van der Waals surface area contributed by atoms with Gasteiger partial charge >= 0.3 is 0 Å². The van der Waals surface area contributed by atoms with Gasteiger partial charge in [0, 0.05) is 6.61 Å². The first-order valence-electron chi connectivity index (χ1n) is 6.97. The van der Waals surface area contributed by atoms with Crippen molar-refractivity contribution in [3.63, 3.8) is 0 Å². The van der Waals surface area contributed by atoms with Gasteiger partial charge in [-0.2, -0.15) is 4.98 Å². The molecule has 1 aromatic heterocycles. The minimum absolute atomic E-state index is 0.265. The molecule has 0 unspecified atom stereocenters. The zero-order chi connectivity index (χ0) is 12.4. The van der Waals surface area contributed by atoms with Gasteiger partial charge in [0.25, 0.3) is 0 Å². The second-order valence-electron chi connectivity index (χ2n) is 5.35. The van der Waals surface area contributed by atoms with Crippen LogP contribution < -0.4 is 5.32 Å². The van der Waals surface area contributed by atoms with Gasteiger partial charge in [-0.15, -0.1) is 0 Å². The van der Waals surface area contributed by atoms with E-state index < -0.39 is 0 Å². The third kappa shape index (κ3) is 2.42. The maximum Gasteiger partial charge on any atom is 0.232 e. The molecule has 2 aliphatic rings. The van der Waals surface area contributed by atoms with Gasteiger partial charge < -0.3 is 14.6 Å². The van der Waals surface area contributed by atoms with Crippen LogP contribution in [0, 0.1) is 12.8 Å². The van der Waals surface area contributed by atoms with E-state index in [0.29, 0.717) is 11.8 Å². The summed E-state index contributed by atoms with van der Waals surface area (Å²) in [5.74, 6) is 2.42. The molecular weight excluding hydrogens is 230 g/mol. The van der Waals surface area contributed by atoms with E-state index in [1.54, 1.807) is 0 Å². The number of hydrogen-bond acceptors (Lipinski definition) is 5. The lowest BCUT2D eigenvalue weighted by Crippen LogP contribution is -2.40. The van der Waals surface area contributed by atoms with Crippen molar-refractivity contribution >= 4 is 0 Å². The highest BCUT2D eigenvalue weighted by atomic mass is 16.5. The summed E-state index contributed by atoms with van der Waals surface area (Å²) in [6.07, 6.45) is 4.84. The molecule has 18 heavy (non-hydrogen) atoms. The average molecular weight is 251 g/mol. The number of nitrogens with zero attached hydrogens (tertiary/aromatic N) is 2. The minimum Gasteiger partial charge on any atom is -0.377 e. The van der Waals surface area contributed by atoms with Crippen LogP contribution in [0.25, 0.3) is 0 Å². The first-order chi connectivity index (χ1) is 8.84. The zero-order valence-corrected chi connectivity index (χ0v) is 10.9. The summed E-state index contributed by atoms with van der Waals surface area (Å²) in [7, 11) is 0. The van der Waals surface area contributed by atoms with Gasteiger partial charge in [-0.25, -0.2) is 0 Å². The van der Waals surface area contributed by atoms with Crippen molar-refractivity contribution in [3.8, 4) is 0 Å². The predicted octanol–water partition coefficient (Wildman–Crippen LogP) is 1.64. The first kappa shape index (κ1) is 12.1. The molecule has 0 spiro atoms. The lowest BCUT2D eigenvalue weighted by atomic mass is 9.81. The first-order valence-corrected chi connectivity index (χ1v) is 6.97. The van der Waals surface area contributed by atoms with Gasteiger partial charge in [0.15, 0.2) is 5.82 Å². The Morgan fingerprint density at radius 3 is 2.78 bits per heavy atom. The highest BCUT2D eigenvalue weighted by Gasteiger charge is 2.37. The van der Waals surface area contributed by atoms with Gasteiger partial charge in [0.1, 0.15) is 0 Å². The number of piperidine rings is 1. The molecule has 100 valence electrons. The fraction of sp³-hybridized carbons (Fsp3) is 0.846. The van der Waals surface area contributed by atoms with E-state index in [-0.39, 0.29) is 6.10 Å². The number of aromatic nitrogens is 2. The number of hydrogen-bond donors (Lipinski definition) is 1. The molecule has 2 aliphatic heterocycles. The maximum absolute atomic E-state index is 6.04. The van der Waals surface area contributed by atoms with Crippen LogP contribution in [-0.4, -0.2) is 35.9 Å².